The summed E-state index contributed by atoms with van der Waals surface area (Å²) >= 11 is 0. The molecule has 11 nitrogen and oxygen atoms in total. The highest BCUT2D eigenvalue weighted by Crippen LogP contribution is 2.22. The van der Waals surface area contributed by atoms with Gasteiger partial charge in [0, 0.05) is 71.9 Å². The van der Waals surface area contributed by atoms with Gasteiger partial charge in [-0.3, -0.25) is 24.7 Å². The smallest absolute Gasteiger partial charge is 0.267 e. The van der Waals surface area contributed by atoms with E-state index >= 15 is 0 Å². The number of rotatable bonds is 8. The lowest BCUT2D eigenvalue weighted by molar-refractivity contribution is 0.101. The maximum absolute atomic E-state index is 13.8. The largest absolute Gasteiger partial charge is 0.281 e. The molecule has 0 saturated heterocycles. The summed E-state index contributed by atoms with van der Waals surface area (Å²) < 4.78 is 0. The third kappa shape index (κ3) is 5.83. The van der Waals surface area contributed by atoms with Gasteiger partial charge in [-0.1, -0.05) is 6.58 Å². The molecule has 0 amide bonds. The summed E-state index contributed by atoms with van der Waals surface area (Å²) in [5.41, 5.74) is 2.43. The first-order valence-electron chi connectivity index (χ1n) is 11.7. The van der Waals surface area contributed by atoms with Gasteiger partial charge in [0.05, 0.1) is 0 Å². The number of ketones is 1. The Balaban J connectivity index is 1.65. The van der Waals surface area contributed by atoms with Crippen molar-refractivity contribution < 1.29 is 4.79 Å². The van der Waals surface area contributed by atoms with E-state index in [2.05, 4.69) is 56.4 Å². The quantitative estimate of drug-likeness (QED) is 0.169. The summed E-state index contributed by atoms with van der Waals surface area (Å²) in [4.78, 5) is 56.9. The van der Waals surface area contributed by atoms with Gasteiger partial charge in [-0.15, -0.1) is 0 Å². The molecule has 0 spiro atoms. The summed E-state index contributed by atoms with van der Waals surface area (Å²) in [6.07, 6.45) is 14.5. The van der Waals surface area contributed by atoms with Crippen molar-refractivity contribution in [2.24, 2.45) is 4.99 Å². The second kappa shape index (κ2) is 11.6. The molecule has 0 fully saturated rings. The van der Waals surface area contributed by atoms with E-state index in [9.17, 15) is 4.79 Å². The van der Waals surface area contributed by atoms with E-state index in [-0.39, 0.29) is 23.3 Å². The number of carbonyl (C=O) groups excluding carboxylic acids is 1. The van der Waals surface area contributed by atoms with Gasteiger partial charge in [-0.25, -0.2) is 29.9 Å². The number of pyridine rings is 3. The van der Waals surface area contributed by atoms with Gasteiger partial charge in [0.15, 0.2) is 23.3 Å². The van der Waals surface area contributed by atoms with Crippen LogP contribution in [0, 0.1) is 0 Å². The molecule has 11 heteroatoms. The minimum absolute atomic E-state index is 0.127. The van der Waals surface area contributed by atoms with E-state index in [0.29, 0.717) is 33.9 Å². The van der Waals surface area contributed by atoms with E-state index < -0.39 is 5.78 Å². The van der Waals surface area contributed by atoms with Crippen LogP contribution in [0.25, 0.3) is 39.7 Å². The number of allylic oxidation sites excluding steroid dienone is 2. The van der Waals surface area contributed by atoms with Crippen LogP contribution in [0.15, 0.2) is 97.4 Å². The van der Waals surface area contributed by atoms with Crippen LogP contribution in [0.2, 0.25) is 0 Å². The van der Waals surface area contributed by atoms with E-state index in [4.69, 9.17) is 0 Å². The molecule has 0 N–H and O–H groups in total. The Morgan fingerprint density at radius 2 is 1.05 bits per heavy atom. The molecule has 0 atom stereocenters. The monoisotopic (exact) mass is 512 g/mol. The predicted molar refractivity (Wildman–Crippen MR) is 145 cm³/mol. The summed E-state index contributed by atoms with van der Waals surface area (Å²) in [5.74, 6) is 0.209. The van der Waals surface area contributed by atoms with Crippen molar-refractivity contribution in [3.05, 3.63) is 110 Å². The summed E-state index contributed by atoms with van der Waals surface area (Å²) in [5, 5.41) is 0. The Morgan fingerprint density at radius 3 is 1.51 bits per heavy atom. The first-order chi connectivity index (χ1) is 19.1. The lowest BCUT2D eigenvalue weighted by Gasteiger charge is -2.09. The van der Waals surface area contributed by atoms with Crippen molar-refractivity contribution in [3.8, 4) is 34.2 Å². The van der Waals surface area contributed by atoms with Crippen LogP contribution in [-0.2, 0) is 0 Å². The minimum atomic E-state index is -0.606. The van der Waals surface area contributed by atoms with Gasteiger partial charge in [0.1, 0.15) is 0 Å². The Morgan fingerprint density at radius 1 is 0.641 bits per heavy atom. The molecular formula is C28H20N10O. The Kier molecular flexibility index (Phi) is 7.40. The number of nitrogens with zero attached hydrogens (tertiary/aromatic N) is 10. The maximum Gasteiger partial charge on any atom is 0.267 e. The second-order valence-corrected chi connectivity index (χ2v) is 7.90. The first-order valence-corrected chi connectivity index (χ1v) is 11.7. The molecule has 0 aliphatic carbocycles. The fourth-order valence-electron chi connectivity index (χ4n) is 3.38. The van der Waals surface area contributed by atoms with Crippen LogP contribution in [-0.4, -0.2) is 56.9 Å². The highest BCUT2D eigenvalue weighted by Gasteiger charge is 2.22. The van der Waals surface area contributed by atoms with Crippen molar-refractivity contribution in [1.29, 1.82) is 0 Å². The molecule has 0 saturated carbocycles. The van der Waals surface area contributed by atoms with Gasteiger partial charge >= 0.3 is 0 Å². The van der Waals surface area contributed by atoms with E-state index in [1.165, 1.54) is 0 Å². The maximum atomic E-state index is 13.8. The molecule has 5 aromatic rings. The van der Waals surface area contributed by atoms with Gasteiger partial charge in [0.25, 0.3) is 5.78 Å². The molecule has 0 aliphatic rings. The van der Waals surface area contributed by atoms with Crippen molar-refractivity contribution in [2.75, 3.05) is 0 Å². The average molecular weight is 513 g/mol. The molecule has 39 heavy (non-hydrogen) atoms. The zero-order valence-corrected chi connectivity index (χ0v) is 20.7. The number of aromatic nitrogens is 9. The Hall–Kier alpha value is -5.71. The van der Waals surface area contributed by atoms with Crippen molar-refractivity contribution in [1.82, 2.24) is 44.9 Å². The zero-order chi connectivity index (χ0) is 27.0. The Bertz CT molecular complexity index is 1630. The molecule has 5 aromatic heterocycles. The number of hydrogen-bond acceptors (Lipinski definition) is 11. The predicted octanol–water partition coefficient (Wildman–Crippen LogP) is 4.09. The molecule has 188 valence electrons. The second-order valence-electron chi connectivity index (χ2n) is 7.90. The zero-order valence-electron chi connectivity index (χ0n) is 20.7. The van der Waals surface area contributed by atoms with Crippen LogP contribution in [0.3, 0.4) is 0 Å². The Labute approximate surface area is 223 Å². The van der Waals surface area contributed by atoms with E-state index in [1.54, 1.807) is 99.0 Å². The third-order valence-electron chi connectivity index (χ3n) is 5.29. The normalized spacial score (nSPS) is 11.2. The molecule has 0 unspecified atom stereocenters. The molecule has 0 bridgehead atoms. The molecule has 0 aliphatic heterocycles. The summed E-state index contributed by atoms with van der Waals surface area (Å²) in [6.45, 7) is 5.82. The van der Waals surface area contributed by atoms with Gasteiger partial charge in [-0.05, 0) is 49.4 Å². The van der Waals surface area contributed by atoms with Crippen molar-refractivity contribution in [3.63, 3.8) is 0 Å². The summed E-state index contributed by atoms with van der Waals surface area (Å²) in [6, 6.07) is 10.5. The van der Waals surface area contributed by atoms with Crippen molar-refractivity contribution in [2.45, 2.75) is 6.92 Å². The van der Waals surface area contributed by atoms with Crippen LogP contribution >= 0.6 is 0 Å². The van der Waals surface area contributed by atoms with Crippen molar-refractivity contribution >= 4 is 17.6 Å². The molecule has 5 heterocycles. The third-order valence-corrected chi connectivity index (χ3v) is 5.29. The number of aliphatic imine (C=N–C) groups is 1. The van der Waals surface area contributed by atoms with Crippen LogP contribution in [0.4, 0.5) is 0 Å². The van der Waals surface area contributed by atoms with Crippen LogP contribution < -0.4 is 0 Å². The van der Waals surface area contributed by atoms with Gasteiger partial charge in [0.2, 0.25) is 11.6 Å². The molecule has 0 radical (unpaired) electrons. The highest BCUT2D eigenvalue weighted by molar-refractivity contribution is 6.04. The fraction of sp³-hybridized carbons (Fsp3) is 0.0357. The fourth-order valence-corrected chi connectivity index (χ4v) is 3.38. The standard InChI is InChI=1S/C28H20N10O/c1-3-29-11-4-18(2)23-33-24(19-5-12-30-13-6-19)36-27(34-23)22(39)28-37-25(20-7-14-31-15-8-20)35-26(38-28)21-9-16-32-17-10-21/h3-17H,2H2,1H3/b11-4-,29-3?. The molecule has 0 aromatic carbocycles. The summed E-state index contributed by atoms with van der Waals surface area (Å²) in [7, 11) is 0. The lowest BCUT2D eigenvalue weighted by Crippen LogP contribution is -2.16. The van der Waals surface area contributed by atoms with Crippen LogP contribution in [0.1, 0.15) is 29.2 Å². The molecular weight excluding hydrogens is 492 g/mol. The number of carbonyl (C=O) groups is 1. The highest BCUT2D eigenvalue weighted by atomic mass is 16.1. The van der Waals surface area contributed by atoms with E-state index in [0.717, 1.165) is 0 Å². The van der Waals surface area contributed by atoms with Crippen LogP contribution in [0.5, 0.6) is 0 Å². The topological polar surface area (TPSA) is 145 Å². The van der Waals surface area contributed by atoms with E-state index in [1.807, 2.05) is 0 Å². The minimum Gasteiger partial charge on any atom is -0.281 e. The lowest BCUT2D eigenvalue weighted by atomic mass is 10.2. The van der Waals surface area contributed by atoms with Gasteiger partial charge < -0.3 is 0 Å². The molecule has 5 rings (SSSR count). The first kappa shape index (κ1) is 25.0. The average Bonchev–Trinajstić information content (AvgIpc) is 3.01. The SMILES string of the molecule is C=C(/C=C\N=CC)c1nc(C(=O)c2nc(-c3ccncc3)nc(-c3ccncc3)n2)nc(-c2ccncc2)n1. The van der Waals surface area contributed by atoms with Gasteiger partial charge in [-0.2, -0.15) is 0 Å². The number of hydrogen-bond donors (Lipinski definition) is 0.